The molecule has 1 aliphatic rings. The lowest BCUT2D eigenvalue weighted by Gasteiger charge is -2.18. The lowest BCUT2D eigenvalue weighted by atomic mass is 9.84. The van der Waals surface area contributed by atoms with Crippen LogP contribution in [0.5, 0.6) is 5.75 Å². The van der Waals surface area contributed by atoms with E-state index >= 15 is 0 Å². The molecule has 16 heavy (non-hydrogen) atoms. The maximum Gasteiger partial charge on any atom is 0.321 e. The monoisotopic (exact) mass is 332 g/mol. The second-order valence-corrected chi connectivity index (χ2v) is 5.56. The number of rotatable bonds is 0. The highest BCUT2D eigenvalue weighted by Gasteiger charge is 2.44. The predicted octanol–water partition coefficient (Wildman–Crippen LogP) is 1.96. The number of hydrogen-bond acceptors (Lipinski definition) is 4. The molecule has 5 heteroatoms. The van der Waals surface area contributed by atoms with Crippen LogP contribution in [-0.2, 0) is 10.2 Å². The van der Waals surface area contributed by atoms with Crippen molar-refractivity contribution in [1.29, 1.82) is 0 Å². The molecule has 1 aromatic rings. The molecule has 1 aromatic carbocycles. The molecule has 0 amide bonds. The van der Waals surface area contributed by atoms with E-state index < -0.39 is 5.41 Å². The highest BCUT2D eigenvalue weighted by atomic mass is 127. The second-order valence-electron chi connectivity index (χ2n) is 4.48. The first kappa shape index (κ1) is 11.5. The van der Waals surface area contributed by atoms with Crippen LogP contribution in [0.15, 0.2) is 0 Å². The van der Waals surface area contributed by atoms with Crippen LogP contribution in [-0.4, -0.2) is 5.97 Å². The van der Waals surface area contributed by atoms with Gasteiger partial charge in [0.1, 0.15) is 5.75 Å². The van der Waals surface area contributed by atoms with E-state index in [0.717, 1.165) is 9.13 Å². The van der Waals surface area contributed by atoms with Crippen molar-refractivity contribution < 1.29 is 9.53 Å². The van der Waals surface area contributed by atoms with E-state index in [1.807, 2.05) is 6.92 Å². The molecule has 0 saturated heterocycles. The zero-order valence-corrected chi connectivity index (χ0v) is 11.5. The lowest BCUT2D eigenvalue weighted by Crippen LogP contribution is -2.26. The molecule has 4 N–H and O–H groups in total. The maximum absolute atomic E-state index is 11.8. The first-order valence-corrected chi connectivity index (χ1v) is 5.96. The van der Waals surface area contributed by atoms with Crippen LogP contribution >= 0.6 is 22.6 Å². The minimum Gasteiger partial charge on any atom is -0.425 e. The zero-order chi connectivity index (χ0) is 12.2. The Labute approximate surface area is 107 Å². The van der Waals surface area contributed by atoms with Crippen LogP contribution in [0.25, 0.3) is 0 Å². The molecule has 4 nitrogen and oxygen atoms in total. The summed E-state index contributed by atoms with van der Waals surface area (Å²) in [6.45, 7) is 5.47. The fraction of sp³-hybridized carbons (Fsp3) is 0.364. The Hall–Kier alpha value is -0.980. The van der Waals surface area contributed by atoms with Gasteiger partial charge in [-0.05, 0) is 43.4 Å². The van der Waals surface area contributed by atoms with Gasteiger partial charge in [0, 0.05) is 14.7 Å². The van der Waals surface area contributed by atoms with Crippen LogP contribution in [0.2, 0.25) is 0 Å². The van der Waals surface area contributed by atoms with Crippen molar-refractivity contribution in [2.45, 2.75) is 26.2 Å². The minimum absolute atomic E-state index is 0.279. The van der Waals surface area contributed by atoms with Gasteiger partial charge in [0.15, 0.2) is 0 Å². The Balaban J connectivity index is 2.87. The smallest absolute Gasteiger partial charge is 0.321 e. The van der Waals surface area contributed by atoms with E-state index in [-0.39, 0.29) is 5.97 Å². The number of nitrogens with two attached hydrogens (primary N) is 2. The van der Waals surface area contributed by atoms with Gasteiger partial charge in [0.25, 0.3) is 0 Å². The van der Waals surface area contributed by atoms with Gasteiger partial charge in [-0.25, -0.2) is 0 Å². The highest BCUT2D eigenvalue weighted by Crippen LogP contribution is 2.48. The van der Waals surface area contributed by atoms with Gasteiger partial charge in [-0.15, -0.1) is 0 Å². The van der Waals surface area contributed by atoms with Crippen LogP contribution < -0.4 is 16.2 Å². The van der Waals surface area contributed by atoms with Gasteiger partial charge in [-0.3, -0.25) is 4.79 Å². The molecular weight excluding hydrogens is 319 g/mol. The van der Waals surface area contributed by atoms with E-state index in [4.69, 9.17) is 16.2 Å². The average Bonchev–Trinajstić information content (AvgIpc) is 2.45. The maximum atomic E-state index is 11.8. The van der Waals surface area contributed by atoms with Crippen LogP contribution in [0.1, 0.15) is 25.0 Å². The van der Waals surface area contributed by atoms with Gasteiger partial charge in [0.05, 0.1) is 16.8 Å². The molecule has 86 valence electrons. The van der Waals surface area contributed by atoms with E-state index in [2.05, 4.69) is 22.6 Å². The fourth-order valence-electron chi connectivity index (χ4n) is 1.93. The largest absolute Gasteiger partial charge is 0.425 e. The number of nitrogen functional groups attached to an aromatic ring is 2. The molecule has 0 saturated carbocycles. The predicted molar refractivity (Wildman–Crippen MR) is 71.4 cm³/mol. The summed E-state index contributed by atoms with van der Waals surface area (Å²) in [5, 5.41) is 0. The molecule has 1 heterocycles. The third-order valence-corrected chi connectivity index (χ3v) is 4.41. The number of fused-ring (bicyclic) bond motifs is 1. The first-order valence-electron chi connectivity index (χ1n) is 4.88. The van der Waals surface area contributed by atoms with Crippen molar-refractivity contribution in [3.8, 4) is 5.75 Å². The number of carbonyl (C=O) groups is 1. The molecule has 0 unspecified atom stereocenters. The van der Waals surface area contributed by atoms with E-state index in [1.165, 1.54) is 0 Å². The second kappa shape index (κ2) is 3.26. The van der Waals surface area contributed by atoms with E-state index in [9.17, 15) is 4.79 Å². The number of benzene rings is 1. The Kier molecular flexibility index (Phi) is 2.34. The third kappa shape index (κ3) is 1.24. The number of hydrogen-bond donors (Lipinski definition) is 2. The van der Waals surface area contributed by atoms with E-state index in [1.54, 1.807) is 13.8 Å². The SMILES string of the molecule is Cc1c(I)c(N)c(N)c2c1OC(=O)C2(C)C. The Bertz CT molecular complexity index is 509. The quantitative estimate of drug-likeness (QED) is 0.329. The lowest BCUT2D eigenvalue weighted by molar-refractivity contribution is -0.137. The third-order valence-electron chi connectivity index (χ3n) is 3.02. The van der Waals surface area contributed by atoms with Crippen molar-refractivity contribution in [2.75, 3.05) is 11.5 Å². The molecule has 2 rings (SSSR count). The number of anilines is 2. The molecule has 0 spiro atoms. The molecule has 0 atom stereocenters. The Morgan fingerprint density at radius 1 is 1.25 bits per heavy atom. The normalized spacial score (nSPS) is 17.1. The summed E-state index contributed by atoms with van der Waals surface area (Å²) in [7, 11) is 0. The number of carbonyl (C=O) groups excluding carboxylic acids is 1. The molecule has 0 aliphatic carbocycles. The van der Waals surface area contributed by atoms with Crippen molar-refractivity contribution in [1.82, 2.24) is 0 Å². The van der Waals surface area contributed by atoms with Gasteiger partial charge >= 0.3 is 5.97 Å². The van der Waals surface area contributed by atoms with Crippen molar-refractivity contribution in [2.24, 2.45) is 0 Å². The van der Waals surface area contributed by atoms with Gasteiger partial charge < -0.3 is 16.2 Å². The van der Waals surface area contributed by atoms with E-state index in [0.29, 0.717) is 22.7 Å². The number of esters is 1. The molecule has 1 aliphatic heterocycles. The standard InChI is InChI=1S/C11H13IN2O2/c1-4-6(12)8(14)7(13)5-9(4)16-10(15)11(5,2)3/h13-14H2,1-3H3. The molecule has 0 bridgehead atoms. The average molecular weight is 332 g/mol. The number of ether oxygens (including phenoxy) is 1. The van der Waals surface area contributed by atoms with Gasteiger partial charge in [0.2, 0.25) is 0 Å². The van der Waals surface area contributed by atoms with Gasteiger partial charge in [-0.1, -0.05) is 0 Å². The van der Waals surface area contributed by atoms with Crippen LogP contribution in [0.4, 0.5) is 11.4 Å². The summed E-state index contributed by atoms with van der Waals surface area (Å²) in [5.74, 6) is 0.296. The summed E-state index contributed by atoms with van der Waals surface area (Å²) in [6, 6.07) is 0. The van der Waals surface area contributed by atoms with Gasteiger partial charge in [-0.2, -0.15) is 0 Å². The first-order chi connectivity index (χ1) is 7.28. The summed E-state index contributed by atoms with van der Waals surface area (Å²) >= 11 is 2.11. The summed E-state index contributed by atoms with van der Waals surface area (Å²) < 4.78 is 6.14. The summed E-state index contributed by atoms with van der Waals surface area (Å²) in [6.07, 6.45) is 0. The van der Waals surface area contributed by atoms with Crippen molar-refractivity contribution in [3.05, 3.63) is 14.7 Å². The molecule has 0 radical (unpaired) electrons. The zero-order valence-electron chi connectivity index (χ0n) is 9.35. The van der Waals surface area contributed by atoms with Crippen molar-refractivity contribution in [3.63, 3.8) is 0 Å². The van der Waals surface area contributed by atoms with Crippen molar-refractivity contribution >= 4 is 39.9 Å². The number of halogens is 1. The Morgan fingerprint density at radius 3 is 2.38 bits per heavy atom. The summed E-state index contributed by atoms with van der Waals surface area (Å²) in [5.41, 5.74) is 13.8. The van der Waals surface area contributed by atoms with Crippen LogP contribution in [0, 0.1) is 10.5 Å². The topological polar surface area (TPSA) is 78.3 Å². The fourth-order valence-corrected chi connectivity index (χ4v) is 2.47. The van der Waals surface area contributed by atoms with Crippen LogP contribution in [0.3, 0.4) is 0 Å². The molecular formula is C11H13IN2O2. The Morgan fingerprint density at radius 2 is 1.81 bits per heavy atom. The molecule has 0 fully saturated rings. The summed E-state index contributed by atoms with van der Waals surface area (Å²) in [4.78, 5) is 11.8. The minimum atomic E-state index is -0.720. The molecule has 0 aromatic heterocycles. The highest BCUT2D eigenvalue weighted by molar-refractivity contribution is 14.1.